The molecule has 25 heavy (non-hydrogen) atoms. The Morgan fingerprint density at radius 1 is 1.28 bits per heavy atom. The van der Waals surface area contributed by atoms with Crippen LogP contribution in [0.15, 0.2) is 30.5 Å². The van der Waals surface area contributed by atoms with Crippen LogP contribution in [0.4, 0.5) is 0 Å². The van der Waals surface area contributed by atoms with E-state index in [0.717, 1.165) is 35.7 Å². The highest BCUT2D eigenvalue weighted by Gasteiger charge is 2.24. The zero-order valence-electron chi connectivity index (χ0n) is 15.0. The summed E-state index contributed by atoms with van der Waals surface area (Å²) < 4.78 is 1.99. The van der Waals surface area contributed by atoms with E-state index < -0.39 is 18.4 Å². The Morgan fingerprint density at radius 2 is 2.00 bits per heavy atom. The van der Waals surface area contributed by atoms with Gasteiger partial charge in [-0.1, -0.05) is 44.4 Å². The molecule has 2 atom stereocenters. The fraction of sp³-hybridized carbons (Fsp3) is 0.526. The molecule has 0 saturated heterocycles. The van der Waals surface area contributed by atoms with E-state index in [9.17, 15) is 15.0 Å². The third kappa shape index (κ3) is 5.04. The van der Waals surface area contributed by atoms with Crippen molar-refractivity contribution in [2.75, 3.05) is 0 Å². The molecule has 1 aromatic heterocycles. The summed E-state index contributed by atoms with van der Waals surface area (Å²) >= 11 is 0. The number of fused-ring (bicyclic) bond motifs is 1. The zero-order valence-corrected chi connectivity index (χ0v) is 15.0. The number of aryl methyl sites for hydroxylation is 1. The topological polar surface area (TPSA) is 101 Å². The van der Waals surface area contributed by atoms with Crippen molar-refractivity contribution in [2.24, 2.45) is 12.8 Å². The number of benzene rings is 1. The first-order chi connectivity index (χ1) is 11.9. The van der Waals surface area contributed by atoms with Gasteiger partial charge in [0.25, 0.3) is 0 Å². The summed E-state index contributed by atoms with van der Waals surface area (Å²) in [6, 6.07) is 6.48. The molecule has 1 aromatic carbocycles. The zero-order chi connectivity index (χ0) is 18.4. The summed E-state index contributed by atoms with van der Waals surface area (Å²) in [4.78, 5) is 12.2. The largest absolute Gasteiger partial charge is 0.366 e. The molecule has 6 heteroatoms. The predicted molar refractivity (Wildman–Crippen MR) is 98.9 cm³/mol. The van der Waals surface area contributed by atoms with E-state index in [-0.39, 0.29) is 5.91 Å². The van der Waals surface area contributed by atoms with E-state index in [1.807, 2.05) is 42.1 Å². The normalized spacial score (nSPS) is 14.0. The first-order valence-electron chi connectivity index (χ1n) is 8.89. The molecule has 5 N–H and O–H groups in total. The van der Waals surface area contributed by atoms with Gasteiger partial charge in [0.05, 0.1) is 12.1 Å². The first kappa shape index (κ1) is 19.4. The average molecular weight is 347 g/mol. The van der Waals surface area contributed by atoms with Gasteiger partial charge in [-0.2, -0.15) is 0 Å². The minimum Gasteiger partial charge on any atom is -0.366 e. The van der Waals surface area contributed by atoms with Crippen molar-refractivity contribution in [2.45, 2.75) is 57.4 Å². The van der Waals surface area contributed by atoms with Crippen molar-refractivity contribution < 1.29 is 15.0 Å². The SMILES string of the molecule is CCCCC[C@H](N)C(=O)N[C@H](Cc1cn(C)c2ccccc12)C(O)O. The number of para-hydroxylation sites is 1. The number of carbonyl (C=O) groups excluding carboxylic acids is 1. The lowest BCUT2D eigenvalue weighted by Crippen LogP contribution is -2.50. The maximum Gasteiger partial charge on any atom is 0.237 e. The van der Waals surface area contributed by atoms with Crippen molar-refractivity contribution in [3.05, 3.63) is 36.0 Å². The van der Waals surface area contributed by atoms with Gasteiger partial charge in [0.2, 0.25) is 5.91 Å². The van der Waals surface area contributed by atoms with E-state index in [1.54, 1.807) is 0 Å². The van der Waals surface area contributed by atoms with Gasteiger partial charge in [0, 0.05) is 24.1 Å². The Kier molecular flexibility index (Phi) is 6.99. The predicted octanol–water partition coefficient (Wildman–Crippen LogP) is 1.42. The Morgan fingerprint density at radius 3 is 2.68 bits per heavy atom. The Labute approximate surface area is 148 Å². The minimum atomic E-state index is -1.65. The van der Waals surface area contributed by atoms with Gasteiger partial charge in [-0.05, 0) is 24.5 Å². The second-order valence-electron chi connectivity index (χ2n) is 6.62. The Balaban J connectivity index is 2.06. The summed E-state index contributed by atoms with van der Waals surface area (Å²) in [5.41, 5.74) is 7.93. The highest BCUT2D eigenvalue weighted by Crippen LogP contribution is 2.22. The first-order valence-corrected chi connectivity index (χ1v) is 8.89. The van der Waals surface area contributed by atoms with Crippen molar-refractivity contribution in [1.29, 1.82) is 0 Å². The highest BCUT2D eigenvalue weighted by atomic mass is 16.5. The van der Waals surface area contributed by atoms with Crippen molar-refractivity contribution >= 4 is 16.8 Å². The summed E-state index contributed by atoms with van der Waals surface area (Å²) in [5.74, 6) is -0.338. The van der Waals surface area contributed by atoms with Gasteiger partial charge in [-0.25, -0.2) is 0 Å². The van der Waals surface area contributed by atoms with Gasteiger partial charge in [-0.15, -0.1) is 0 Å². The third-order valence-corrected chi connectivity index (χ3v) is 4.56. The quantitative estimate of drug-likeness (QED) is 0.407. The molecule has 0 unspecified atom stereocenters. The molecule has 2 rings (SSSR count). The van der Waals surface area contributed by atoms with Gasteiger partial charge in [0.15, 0.2) is 6.29 Å². The smallest absolute Gasteiger partial charge is 0.237 e. The lowest BCUT2D eigenvalue weighted by atomic mass is 10.0. The summed E-state index contributed by atoms with van der Waals surface area (Å²) in [5, 5.41) is 23.1. The van der Waals surface area contributed by atoms with Crippen LogP contribution in [0.25, 0.3) is 10.9 Å². The van der Waals surface area contributed by atoms with Crippen LogP contribution in [-0.4, -0.2) is 39.1 Å². The van der Waals surface area contributed by atoms with E-state index >= 15 is 0 Å². The highest BCUT2D eigenvalue weighted by molar-refractivity contribution is 5.84. The number of hydrogen-bond donors (Lipinski definition) is 4. The number of nitrogens with two attached hydrogens (primary N) is 1. The van der Waals surface area contributed by atoms with Gasteiger partial charge in [-0.3, -0.25) is 4.79 Å². The van der Waals surface area contributed by atoms with Crippen LogP contribution in [0.3, 0.4) is 0 Å². The molecular weight excluding hydrogens is 318 g/mol. The molecule has 0 aliphatic heterocycles. The molecule has 0 bridgehead atoms. The second kappa shape index (κ2) is 8.99. The molecule has 0 aliphatic rings. The van der Waals surface area contributed by atoms with Crippen LogP contribution in [0.1, 0.15) is 38.2 Å². The molecular formula is C19H29N3O3. The van der Waals surface area contributed by atoms with Crippen LogP contribution in [0.2, 0.25) is 0 Å². The Hall–Kier alpha value is -1.89. The standard InChI is InChI=1S/C19H29N3O3/c1-3-4-5-9-15(20)18(23)21-16(19(24)25)11-13-12-22(2)17-10-7-6-8-14(13)17/h6-8,10,12,15-16,19,24-25H,3-5,9,11,20H2,1-2H3,(H,21,23)/t15-,16+/m0/s1. The van der Waals surface area contributed by atoms with Crippen LogP contribution < -0.4 is 11.1 Å². The van der Waals surface area contributed by atoms with Crippen LogP contribution >= 0.6 is 0 Å². The Bertz CT molecular complexity index is 696. The van der Waals surface area contributed by atoms with Gasteiger partial charge < -0.3 is 25.8 Å². The number of nitrogens with zero attached hydrogens (tertiary/aromatic N) is 1. The maximum absolute atomic E-state index is 12.2. The molecule has 138 valence electrons. The molecule has 0 radical (unpaired) electrons. The molecule has 6 nitrogen and oxygen atoms in total. The lowest BCUT2D eigenvalue weighted by Gasteiger charge is -2.22. The third-order valence-electron chi connectivity index (χ3n) is 4.56. The second-order valence-corrected chi connectivity index (χ2v) is 6.62. The molecule has 0 fully saturated rings. The fourth-order valence-corrected chi connectivity index (χ4v) is 3.09. The summed E-state index contributed by atoms with van der Waals surface area (Å²) in [6.07, 6.45) is 4.21. The number of nitrogens with one attached hydrogen (secondary N) is 1. The minimum absolute atomic E-state index is 0.326. The van der Waals surface area contributed by atoms with E-state index in [0.29, 0.717) is 12.8 Å². The number of amides is 1. The lowest BCUT2D eigenvalue weighted by molar-refractivity contribution is -0.128. The number of aromatic nitrogens is 1. The maximum atomic E-state index is 12.2. The molecule has 0 saturated carbocycles. The number of unbranched alkanes of at least 4 members (excludes halogenated alkanes) is 2. The molecule has 1 heterocycles. The number of carbonyl (C=O) groups is 1. The summed E-state index contributed by atoms with van der Waals surface area (Å²) in [6.45, 7) is 2.09. The van der Waals surface area contributed by atoms with E-state index in [4.69, 9.17) is 5.73 Å². The average Bonchev–Trinajstić information content (AvgIpc) is 2.90. The van der Waals surface area contributed by atoms with Crippen molar-refractivity contribution in [3.8, 4) is 0 Å². The fourth-order valence-electron chi connectivity index (χ4n) is 3.09. The molecule has 2 aromatic rings. The van der Waals surface area contributed by atoms with Crippen molar-refractivity contribution in [1.82, 2.24) is 9.88 Å². The monoisotopic (exact) mass is 347 g/mol. The molecule has 0 aliphatic carbocycles. The van der Waals surface area contributed by atoms with Gasteiger partial charge in [0.1, 0.15) is 0 Å². The van der Waals surface area contributed by atoms with Crippen LogP contribution in [0, 0.1) is 0 Å². The van der Waals surface area contributed by atoms with Crippen molar-refractivity contribution in [3.63, 3.8) is 0 Å². The van der Waals surface area contributed by atoms with Crippen LogP contribution in [0.5, 0.6) is 0 Å². The molecule has 1 amide bonds. The number of rotatable bonds is 9. The molecule has 0 spiro atoms. The number of aliphatic hydroxyl groups is 2. The summed E-state index contributed by atoms with van der Waals surface area (Å²) in [7, 11) is 1.94. The van der Waals surface area contributed by atoms with Gasteiger partial charge >= 0.3 is 0 Å². The number of aliphatic hydroxyl groups excluding tert-OH is 1. The van der Waals surface area contributed by atoms with E-state index in [2.05, 4.69) is 12.2 Å². The number of hydrogen-bond acceptors (Lipinski definition) is 4. The van der Waals surface area contributed by atoms with E-state index in [1.165, 1.54) is 0 Å². The van der Waals surface area contributed by atoms with Crippen LogP contribution in [-0.2, 0) is 18.3 Å².